The second kappa shape index (κ2) is 6.08. The van der Waals surface area contributed by atoms with Crippen molar-refractivity contribution in [2.45, 2.75) is 50.7 Å². The van der Waals surface area contributed by atoms with Crippen molar-refractivity contribution >= 4 is 16.7 Å². The Hall–Kier alpha value is -2.34. The van der Waals surface area contributed by atoms with Gasteiger partial charge in [0.25, 0.3) is 0 Å². The number of H-pyrrole nitrogens is 1. The second-order valence-corrected chi connectivity index (χ2v) is 9.15. The molecular weight excluding hydrogens is 348 g/mol. The largest absolute Gasteiger partial charge is 0.368 e. The molecule has 2 atom stereocenters. The molecule has 6 nitrogen and oxygen atoms in total. The SMILES string of the molecule is CC1CC(N2C3CCC2CN(c2ccnc4[nH]c(-c5cnn(C)c5)cc24)C3)C1. The van der Waals surface area contributed by atoms with Crippen LogP contribution in [0.4, 0.5) is 5.69 Å². The number of hydrogen-bond donors (Lipinski definition) is 1. The lowest BCUT2D eigenvalue weighted by Crippen LogP contribution is -2.59. The standard InChI is InChI=1S/C22H28N6/c1-14-7-18(8-14)28-16-3-4-17(28)13-27(12-16)21-5-6-23-22-19(21)9-20(25-22)15-10-24-26(2)11-15/h5-6,9-11,14,16-18H,3-4,7-8,12-13H2,1-2H3,(H,23,25). The quantitative estimate of drug-likeness (QED) is 0.761. The van der Waals surface area contributed by atoms with E-state index in [0.29, 0.717) is 0 Å². The fourth-order valence-electron chi connectivity index (χ4n) is 5.84. The number of piperazine rings is 1. The lowest BCUT2D eigenvalue weighted by Gasteiger charge is -2.50. The molecule has 0 spiro atoms. The Morgan fingerprint density at radius 1 is 1.11 bits per heavy atom. The van der Waals surface area contributed by atoms with Crippen LogP contribution in [0.3, 0.4) is 0 Å². The van der Waals surface area contributed by atoms with Crippen LogP contribution in [0.1, 0.15) is 32.6 Å². The van der Waals surface area contributed by atoms with Gasteiger partial charge in [-0.25, -0.2) is 4.98 Å². The first-order valence-electron chi connectivity index (χ1n) is 10.6. The van der Waals surface area contributed by atoms with Crippen LogP contribution >= 0.6 is 0 Å². The minimum absolute atomic E-state index is 0.719. The Bertz CT molecular complexity index is 999. The Labute approximate surface area is 165 Å². The van der Waals surface area contributed by atoms with Crippen molar-refractivity contribution in [2.24, 2.45) is 13.0 Å². The molecule has 28 heavy (non-hydrogen) atoms. The molecule has 2 unspecified atom stereocenters. The highest BCUT2D eigenvalue weighted by atomic mass is 15.3. The summed E-state index contributed by atoms with van der Waals surface area (Å²) in [6, 6.07) is 6.73. The lowest BCUT2D eigenvalue weighted by molar-refractivity contribution is 0.0341. The van der Waals surface area contributed by atoms with Crippen LogP contribution in [-0.2, 0) is 7.05 Å². The fourth-order valence-corrected chi connectivity index (χ4v) is 5.84. The molecule has 3 aromatic heterocycles. The number of nitrogens with zero attached hydrogens (tertiary/aromatic N) is 5. The number of nitrogens with one attached hydrogen (secondary N) is 1. The third-order valence-electron chi connectivity index (χ3n) is 7.17. The summed E-state index contributed by atoms with van der Waals surface area (Å²) in [6.07, 6.45) is 11.4. The van der Waals surface area contributed by atoms with E-state index in [-0.39, 0.29) is 0 Å². The van der Waals surface area contributed by atoms with E-state index in [0.717, 1.165) is 54.0 Å². The van der Waals surface area contributed by atoms with Crippen LogP contribution in [-0.4, -0.2) is 55.9 Å². The highest BCUT2D eigenvalue weighted by Crippen LogP contribution is 2.42. The minimum Gasteiger partial charge on any atom is -0.368 e. The Morgan fingerprint density at radius 3 is 2.57 bits per heavy atom. The summed E-state index contributed by atoms with van der Waals surface area (Å²) in [5.41, 5.74) is 4.50. The van der Waals surface area contributed by atoms with Crippen molar-refractivity contribution in [1.29, 1.82) is 0 Å². The third-order valence-corrected chi connectivity index (χ3v) is 7.17. The number of hydrogen-bond acceptors (Lipinski definition) is 4. The van der Waals surface area contributed by atoms with Crippen molar-refractivity contribution in [3.05, 3.63) is 30.7 Å². The Morgan fingerprint density at radius 2 is 1.89 bits per heavy atom. The van der Waals surface area contributed by atoms with Crippen molar-refractivity contribution in [3.63, 3.8) is 0 Å². The average molecular weight is 377 g/mol. The first kappa shape index (κ1) is 16.6. The van der Waals surface area contributed by atoms with Crippen LogP contribution in [0, 0.1) is 5.92 Å². The molecule has 3 aromatic rings. The van der Waals surface area contributed by atoms with Crippen LogP contribution in [0.2, 0.25) is 0 Å². The predicted molar refractivity (Wildman–Crippen MR) is 111 cm³/mol. The first-order valence-corrected chi connectivity index (χ1v) is 10.6. The van der Waals surface area contributed by atoms with Gasteiger partial charge in [-0.15, -0.1) is 0 Å². The third kappa shape index (κ3) is 2.50. The van der Waals surface area contributed by atoms with E-state index >= 15 is 0 Å². The highest BCUT2D eigenvalue weighted by Gasteiger charge is 2.46. The maximum absolute atomic E-state index is 4.60. The molecule has 2 saturated heterocycles. The summed E-state index contributed by atoms with van der Waals surface area (Å²) < 4.78 is 1.84. The summed E-state index contributed by atoms with van der Waals surface area (Å²) in [4.78, 5) is 13.6. The van der Waals surface area contributed by atoms with Crippen LogP contribution in [0.5, 0.6) is 0 Å². The summed E-state index contributed by atoms with van der Waals surface area (Å²) >= 11 is 0. The lowest BCUT2D eigenvalue weighted by atomic mass is 9.80. The molecule has 1 N–H and O–H groups in total. The molecule has 1 aliphatic carbocycles. The van der Waals surface area contributed by atoms with Gasteiger partial charge < -0.3 is 9.88 Å². The normalized spacial score (nSPS) is 30.1. The topological polar surface area (TPSA) is 53.0 Å². The molecule has 1 saturated carbocycles. The number of aromatic amines is 1. The molecule has 0 radical (unpaired) electrons. The van der Waals surface area contributed by atoms with Gasteiger partial charge in [0.15, 0.2) is 0 Å². The Balaban J connectivity index is 1.31. The first-order chi connectivity index (χ1) is 13.7. The molecule has 2 bridgehead atoms. The summed E-state index contributed by atoms with van der Waals surface area (Å²) in [5.74, 6) is 0.924. The summed E-state index contributed by atoms with van der Waals surface area (Å²) in [5, 5.41) is 5.54. The zero-order valence-electron chi connectivity index (χ0n) is 16.7. The molecule has 0 aromatic carbocycles. The van der Waals surface area contributed by atoms with Crippen molar-refractivity contribution in [2.75, 3.05) is 18.0 Å². The van der Waals surface area contributed by atoms with E-state index in [1.54, 1.807) is 0 Å². The number of aryl methyl sites for hydroxylation is 1. The van der Waals surface area contributed by atoms with E-state index < -0.39 is 0 Å². The smallest absolute Gasteiger partial charge is 0.139 e. The molecule has 2 aliphatic heterocycles. The van der Waals surface area contributed by atoms with E-state index in [2.05, 4.69) is 43.9 Å². The molecule has 3 fully saturated rings. The molecule has 3 aliphatic rings. The monoisotopic (exact) mass is 376 g/mol. The van der Waals surface area contributed by atoms with E-state index in [1.165, 1.54) is 36.8 Å². The molecule has 6 heteroatoms. The minimum atomic E-state index is 0.719. The predicted octanol–water partition coefficient (Wildman–Crippen LogP) is 3.41. The van der Waals surface area contributed by atoms with E-state index in [1.807, 2.05) is 30.3 Å². The average Bonchev–Trinajstić information content (AvgIpc) is 3.34. The summed E-state index contributed by atoms with van der Waals surface area (Å²) in [7, 11) is 1.95. The van der Waals surface area contributed by atoms with Crippen molar-refractivity contribution in [1.82, 2.24) is 24.6 Å². The number of anilines is 1. The maximum atomic E-state index is 4.60. The van der Waals surface area contributed by atoms with Gasteiger partial charge in [0.05, 0.1) is 11.9 Å². The molecular formula is C22H28N6. The van der Waals surface area contributed by atoms with Crippen molar-refractivity contribution < 1.29 is 0 Å². The maximum Gasteiger partial charge on any atom is 0.139 e. The number of aromatic nitrogens is 4. The molecule has 0 amide bonds. The highest BCUT2D eigenvalue weighted by molar-refractivity contribution is 5.93. The molecule has 146 valence electrons. The van der Waals surface area contributed by atoms with Gasteiger partial charge >= 0.3 is 0 Å². The zero-order valence-corrected chi connectivity index (χ0v) is 16.7. The summed E-state index contributed by atoms with van der Waals surface area (Å²) in [6.45, 7) is 4.69. The number of pyridine rings is 1. The van der Waals surface area contributed by atoms with Crippen LogP contribution in [0.15, 0.2) is 30.7 Å². The van der Waals surface area contributed by atoms with Gasteiger partial charge in [0, 0.05) is 67.3 Å². The zero-order chi connectivity index (χ0) is 18.8. The second-order valence-electron chi connectivity index (χ2n) is 9.15. The van der Waals surface area contributed by atoms with Gasteiger partial charge in [0.1, 0.15) is 5.65 Å². The fraction of sp³-hybridized carbons (Fsp3) is 0.545. The van der Waals surface area contributed by atoms with Gasteiger partial charge in [-0.05, 0) is 43.7 Å². The van der Waals surface area contributed by atoms with Crippen LogP contribution < -0.4 is 4.90 Å². The van der Waals surface area contributed by atoms with Gasteiger partial charge in [-0.1, -0.05) is 6.92 Å². The Kier molecular flexibility index (Phi) is 3.60. The molecule has 5 heterocycles. The van der Waals surface area contributed by atoms with Gasteiger partial charge in [0.2, 0.25) is 0 Å². The van der Waals surface area contributed by atoms with Crippen molar-refractivity contribution in [3.8, 4) is 11.3 Å². The van der Waals surface area contributed by atoms with E-state index in [9.17, 15) is 0 Å². The van der Waals surface area contributed by atoms with Crippen LogP contribution in [0.25, 0.3) is 22.3 Å². The van der Waals surface area contributed by atoms with Gasteiger partial charge in [-0.3, -0.25) is 9.58 Å². The number of rotatable bonds is 3. The van der Waals surface area contributed by atoms with E-state index in [4.69, 9.17) is 0 Å². The van der Waals surface area contributed by atoms with Gasteiger partial charge in [-0.2, -0.15) is 5.10 Å². The molecule has 6 rings (SSSR count). The number of fused-ring (bicyclic) bond motifs is 3.